The van der Waals surface area contributed by atoms with Crippen molar-refractivity contribution in [1.82, 2.24) is 5.32 Å². The Labute approximate surface area is 385 Å². The molecule has 0 fully saturated rings. The highest BCUT2D eigenvalue weighted by Gasteiger charge is 2.46. The van der Waals surface area contributed by atoms with Gasteiger partial charge in [-0.25, -0.2) is 4.79 Å². The molecule has 4 N–H and O–H groups in total. The number of unbranched alkanes of at least 4 members (excludes halogenated alkanes) is 12. The van der Waals surface area contributed by atoms with E-state index in [4.69, 9.17) is 29.8 Å². The molecule has 0 aromatic heterocycles. The van der Waals surface area contributed by atoms with E-state index in [9.17, 15) is 24.0 Å². The summed E-state index contributed by atoms with van der Waals surface area (Å²) in [5.74, 6) is -2.28. The molecule has 1 aliphatic carbocycles. The predicted octanol–water partition coefficient (Wildman–Crippen LogP) is 11.8. The second kappa shape index (κ2) is 28.5. The molecule has 2 aromatic carbocycles. The fraction of sp³-hybridized carbons (Fsp3) is 0.673. The topological polar surface area (TPSA) is 181 Å². The first kappa shape index (κ1) is 57.6. The Balaban J connectivity index is 0.000000624. The highest BCUT2D eigenvalue weighted by molar-refractivity contribution is 5.99. The summed E-state index contributed by atoms with van der Waals surface area (Å²) >= 11 is 0. The zero-order valence-electron chi connectivity index (χ0n) is 41.5. The van der Waals surface area contributed by atoms with Crippen molar-refractivity contribution < 1.29 is 48.0 Å². The number of ether oxygens (including phenoxy) is 4. The van der Waals surface area contributed by atoms with Gasteiger partial charge in [-0.2, -0.15) is 0 Å². The summed E-state index contributed by atoms with van der Waals surface area (Å²) in [6, 6.07) is 15.3. The first-order valence-corrected chi connectivity index (χ1v) is 23.7. The average molecular weight is 897 g/mol. The Bertz CT molecular complexity index is 1650. The number of esters is 3. The van der Waals surface area contributed by atoms with E-state index in [0.29, 0.717) is 12.8 Å². The maximum Gasteiger partial charge on any atom is 0.407 e. The van der Waals surface area contributed by atoms with Crippen LogP contribution in [0, 0.1) is 5.41 Å². The molecule has 2 aromatic rings. The Morgan fingerprint density at radius 3 is 1.36 bits per heavy atom. The zero-order valence-corrected chi connectivity index (χ0v) is 41.5. The van der Waals surface area contributed by atoms with Crippen LogP contribution >= 0.6 is 0 Å². The number of hydrogen-bond donors (Lipinski definition) is 3. The second-order valence-corrected chi connectivity index (χ2v) is 19.7. The van der Waals surface area contributed by atoms with Gasteiger partial charge >= 0.3 is 30.0 Å². The molecule has 0 saturated carbocycles. The number of carboxylic acid groups (broad SMARTS) is 1. The fourth-order valence-electron chi connectivity index (χ4n) is 7.07. The zero-order chi connectivity index (χ0) is 48.6. The van der Waals surface area contributed by atoms with E-state index in [0.717, 1.165) is 49.7 Å². The maximum absolute atomic E-state index is 12.9. The van der Waals surface area contributed by atoms with Crippen LogP contribution in [0.25, 0.3) is 11.1 Å². The highest BCUT2D eigenvalue weighted by Crippen LogP contribution is 2.44. The van der Waals surface area contributed by atoms with Crippen LogP contribution in [0.15, 0.2) is 48.5 Å². The molecule has 0 saturated heterocycles. The predicted molar refractivity (Wildman–Crippen MR) is 255 cm³/mol. The summed E-state index contributed by atoms with van der Waals surface area (Å²) in [5.41, 5.74) is 7.17. The van der Waals surface area contributed by atoms with Gasteiger partial charge in [0.15, 0.2) is 5.41 Å². The monoisotopic (exact) mass is 897 g/mol. The van der Waals surface area contributed by atoms with Crippen LogP contribution in [0.3, 0.4) is 0 Å². The number of carboxylic acids is 1. The van der Waals surface area contributed by atoms with E-state index in [1.165, 1.54) is 56.1 Å². The lowest BCUT2D eigenvalue weighted by Crippen LogP contribution is -2.45. The third kappa shape index (κ3) is 22.9. The molecule has 0 heterocycles. The van der Waals surface area contributed by atoms with Crippen LogP contribution < -0.4 is 11.1 Å². The molecule has 0 spiro atoms. The van der Waals surface area contributed by atoms with Crippen molar-refractivity contribution in [2.45, 2.75) is 208 Å². The van der Waals surface area contributed by atoms with Crippen molar-refractivity contribution in [1.29, 1.82) is 0 Å². The fourth-order valence-corrected chi connectivity index (χ4v) is 7.07. The molecule has 12 nitrogen and oxygen atoms in total. The van der Waals surface area contributed by atoms with Gasteiger partial charge in [-0.05, 0) is 104 Å². The maximum atomic E-state index is 12.9. The minimum Gasteiger partial charge on any atom is -0.481 e. The number of rotatable bonds is 23. The summed E-state index contributed by atoms with van der Waals surface area (Å²) in [6.45, 7) is 21.9. The third-order valence-electron chi connectivity index (χ3n) is 10.3. The van der Waals surface area contributed by atoms with Crippen LogP contribution in [-0.2, 0) is 38.1 Å². The van der Waals surface area contributed by atoms with Crippen LogP contribution in [0.5, 0.6) is 0 Å². The van der Waals surface area contributed by atoms with Gasteiger partial charge in [0.05, 0.1) is 0 Å². The molecule has 64 heavy (non-hydrogen) atoms. The number of amides is 1. The SMILES string of the molecule is CC.CC(C)(C)OC(=O)C(C)(CCCCCCCCCCCCCCCC(=O)O)C(=O)OC(C)(C)C.CC(C)(C)OC(=O)C(N)CNC(=O)OCC1c2ccccc2-c2ccccc21. The lowest BCUT2D eigenvalue weighted by atomic mass is 9.84. The van der Waals surface area contributed by atoms with Crippen LogP contribution in [0.1, 0.15) is 196 Å². The van der Waals surface area contributed by atoms with Gasteiger partial charge in [0.25, 0.3) is 0 Å². The number of aliphatic carboxylic acids is 1. The summed E-state index contributed by atoms with van der Waals surface area (Å²) in [6.07, 6.45) is 14.5. The summed E-state index contributed by atoms with van der Waals surface area (Å²) in [4.78, 5) is 60.1. The normalized spacial score (nSPS) is 12.8. The first-order chi connectivity index (χ1) is 29.9. The molecule has 362 valence electrons. The van der Waals surface area contributed by atoms with Crippen molar-refractivity contribution in [2.75, 3.05) is 13.2 Å². The molecule has 1 amide bonds. The molecular weight excluding hydrogens is 813 g/mol. The molecule has 0 aliphatic heterocycles. The lowest BCUT2D eigenvalue weighted by molar-refractivity contribution is -0.184. The van der Waals surface area contributed by atoms with Crippen molar-refractivity contribution in [3.63, 3.8) is 0 Å². The summed E-state index contributed by atoms with van der Waals surface area (Å²) in [5, 5.41) is 11.2. The number of carbonyl (C=O) groups excluding carboxylic acids is 4. The standard InChI is InChI=1S/C28H52O6.C22H26N2O4.C2H6/c1-26(2,3)33-24(31)28(7,25(32)34-27(4,5)6)22-20-18-16-14-12-10-8-9-11-13-15-17-19-21-23(29)30;1-22(2,3)28-20(25)19(23)12-24-21(26)27-13-18-16-10-6-4-8-14(16)15-9-5-7-11-17(15)18;1-2/h8-22H2,1-7H3,(H,29,30);4-11,18-19H,12-13,23H2,1-3H3,(H,24,26);1-2H3. The number of fused-ring (bicyclic) bond motifs is 3. The summed E-state index contributed by atoms with van der Waals surface area (Å²) in [7, 11) is 0. The van der Waals surface area contributed by atoms with Crippen molar-refractivity contribution >= 4 is 30.0 Å². The van der Waals surface area contributed by atoms with E-state index >= 15 is 0 Å². The van der Waals surface area contributed by atoms with Crippen molar-refractivity contribution in [3.05, 3.63) is 59.7 Å². The van der Waals surface area contributed by atoms with E-state index in [1.54, 1.807) is 27.7 Å². The number of benzene rings is 2. The number of carbonyl (C=O) groups is 5. The molecule has 3 rings (SSSR count). The number of hydrogen-bond acceptors (Lipinski definition) is 10. The summed E-state index contributed by atoms with van der Waals surface area (Å²) < 4.78 is 21.7. The van der Waals surface area contributed by atoms with E-state index in [2.05, 4.69) is 29.6 Å². The van der Waals surface area contributed by atoms with E-state index in [-0.39, 0.29) is 19.1 Å². The quantitative estimate of drug-likeness (QED) is 0.0418. The number of alkyl carbamates (subject to hydrolysis) is 1. The second-order valence-electron chi connectivity index (χ2n) is 19.7. The van der Waals surface area contributed by atoms with Crippen LogP contribution in [0.4, 0.5) is 4.79 Å². The van der Waals surface area contributed by atoms with Gasteiger partial charge in [-0.1, -0.05) is 139 Å². The van der Waals surface area contributed by atoms with Gasteiger partial charge in [0.1, 0.15) is 29.5 Å². The van der Waals surface area contributed by atoms with E-state index in [1.807, 2.05) is 79.7 Å². The molecule has 1 unspecified atom stereocenters. The highest BCUT2D eigenvalue weighted by atomic mass is 16.6. The van der Waals surface area contributed by atoms with Crippen LogP contribution in [-0.4, -0.2) is 71.1 Å². The molecule has 1 atom stereocenters. The van der Waals surface area contributed by atoms with E-state index < -0.39 is 58.2 Å². The van der Waals surface area contributed by atoms with Gasteiger partial charge in [0.2, 0.25) is 0 Å². The van der Waals surface area contributed by atoms with Gasteiger partial charge in [0, 0.05) is 18.9 Å². The third-order valence-corrected chi connectivity index (χ3v) is 10.3. The number of nitrogens with two attached hydrogens (primary N) is 1. The molecule has 1 aliphatic rings. The molecule has 0 radical (unpaired) electrons. The Hall–Kier alpha value is -4.45. The Morgan fingerprint density at radius 1 is 0.594 bits per heavy atom. The molecular formula is C52H84N2O10. The Morgan fingerprint density at radius 2 is 0.969 bits per heavy atom. The van der Waals surface area contributed by atoms with Crippen molar-refractivity contribution in [3.8, 4) is 11.1 Å². The van der Waals surface area contributed by atoms with Gasteiger partial charge in [-0.3, -0.25) is 19.2 Å². The largest absolute Gasteiger partial charge is 0.481 e. The van der Waals surface area contributed by atoms with Gasteiger partial charge < -0.3 is 35.1 Å². The minimum absolute atomic E-state index is 0.0160. The number of nitrogens with one attached hydrogen (secondary N) is 1. The van der Waals surface area contributed by atoms with Crippen LogP contribution in [0.2, 0.25) is 0 Å². The van der Waals surface area contributed by atoms with Gasteiger partial charge in [-0.15, -0.1) is 0 Å². The molecule has 12 heteroatoms. The average Bonchev–Trinajstić information content (AvgIpc) is 3.52. The lowest BCUT2D eigenvalue weighted by Gasteiger charge is -2.32. The smallest absolute Gasteiger partial charge is 0.407 e. The Kier molecular flexibility index (Phi) is 25.6. The molecule has 0 bridgehead atoms. The minimum atomic E-state index is -1.28. The van der Waals surface area contributed by atoms with Crippen molar-refractivity contribution in [2.24, 2.45) is 11.1 Å². The first-order valence-electron chi connectivity index (χ1n) is 23.7.